The molecule has 0 fully saturated rings. The normalized spacial score (nSPS) is 15.3. The van der Waals surface area contributed by atoms with E-state index in [0.717, 1.165) is 17.7 Å². The predicted molar refractivity (Wildman–Crippen MR) is 98.1 cm³/mol. The molecule has 6 nitrogen and oxygen atoms in total. The third-order valence-corrected chi connectivity index (χ3v) is 4.22. The average molecular weight is 352 g/mol. The number of benzene rings is 2. The summed E-state index contributed by atoms with van der Waals surface area (Å²) in [4.78, 5) is 37.6. The van der Waals surface area contributed by atoms with Crippen LogP contribution in [-0.2, 0) is 20.7 Å². The maximum Gasteiger partial charge on any atom is 0.338 e. The SMILES string of the molecule is CC(=O)Nc1cccc(C(=O)OCC(=O)N2c3ccccc3C[C@@H]2C)c1. The highest BCUT2D eigenvalue weighted by Gasteiger charge is 2.31. The van der Waals surface area contributed by atoms with Crippen molar-refractivity contribution in [1.29, 1.82) is 0 Å². The molecule has 1 N–H and O–H groups in total. The van der Waals surface area contributed by atoms with Crippen molar-refractivity contribution < 1.29 is 19.1 Å². The summed E-state index contributed by atoms with van der Waals surface area (Å²) in [6.45, 7) is 3.03. The summed E-state index contributed by atoms with van der Waals surface area (Å²) >= 11 is 0. The molecule has 0 bridgehead atoms. The minimum atomic E-state index is -0.606. The first-order chi connectivity index (χ1) is 12.5. The number of hydrogen-bond acceptors (Lipinski definition) is 4. The Balaban J connectivity index is 1.65. The molecule has 2 amide bonds. The lowest BCUT2D eigenvalue weighted by Crippen LogP contribution is -2.38. The summed E-state index contributed by atoms with van der Waals surface area (Å²) in [5, 5.41) is 2.60. The molecular formula is C20H20N2O4. The Kier molecular flexibility index (Phi) is 5.02. The van der Waals surface area contributed by atoms with Crippen molar-refractivity contribution in [3.8, 4) is 0 Å². The standard InChI is InChI=1S/C20H20N2O4/c1-13-10-15-6-3-4-9-18(15)22(13)19(24)12-26-20(25)16-7-5-8-17(11-16)21-14(2)23/h3-9,11,13H,10,12H2,1-2H3,(H,21,23)/t13-/m0/s1. The predicted octanol–water partition coefficient (Wildman–Crippen LogP) is 2.78. The minimum Gasteiger partial charge on any atom is -0.452 e. The largest absolute Gasteiger partial charge is 0.452 e. The van der Waals surface area contributed by atoms with E-state index in [1.54, 1.807) is 23.1 Å². The van der Waals surface area contributed by atoms with Crippen LogP contribution in [0.2, 0.25) is 0 Å². The molecule has 3 rings (SSSR count). The highest BCUT2D eigenvalue weighted by molar-refractivity contribution is 5.99. The summed E-state index contributed by atoms with van der Waals surface area (Å²) < 4.78 is 5.18. The van der Waals surface area contributed by atoms with E-state index in [4.69, 9.17) is 4.74 Å². The highest BCUT2D eigenvalue weighted by atomic mass is 16.5. The van der Waals surface area contributed by atoms with Crippen LogP contribution in [0.3, 0.4) is 0 Å². The lowest BCUT2D eigenvalue weighted by molar-refractivity contribution is -0.122. The molecule has 26 heavy (non-hydrogen) atoms. The lowest BCUT2D eigenvalue weighted by Gasteiger charge is -2.22. The molecule has 134 valence electrons. The number of amides is 2. The van der Waals surface area contributed by atoms with Gasteiger partial charge in [-0.3, -0.25) is 9.59 Å². The molecule has 1 aliphatic heterocycles. The molecule has 0 aromatic heterocycles. The zero-order valence-electron chi connectivity index (χ0n) is 14.7. The van der Waals surface area contributed by atoms with Gasteiger partial charge in [0.2, 0.25) is 5.91 Å². The van der Waals surface area contributed by atoms with Gasteiger partial charge in [0, 0.05) is 24.3 Å². The molecule has 6 heteroatoms. The zero-order chi connectivity index (χ0) is 18.7. The van der Waals surface area contributed by atoms with Crippen molar-refractivity contribution in [2.45, 2.75) is 26.3 Å². The molecule has 1 heterocycles. The molecule has 0 saturated carbocycles. The van der Waals surface area contributed by atoms with Crippen LogP contribution in [0.1, 0.15) is 29.8 Å². The van der Waals surface area contributed by atoms with E-state index < -0.39 is 5.97 Å². The topological polar surface area (TPSA) is 75.7 Å². The van der Waals surface area contributed by atoms with Crippen molar-refractivity contribution in [2.24, 2.45) is 0 Å². The Morgan fingerprint density at radius 1 is 1.15 bits per heavy atom. The minimum absolute atomic E-state index is 0.0293. The van der Waals surface area contributed by atoms with Crippen LogP contribution >= 0.6 is 0 Å². The number of carbonyl (C=O) groups excluding carboxylic acids is 3. The van der Waals surface area contributed by atoms with Gasteiger partial charge >= 0.3 is 5.97 Å². The second-order valence-corrected chi connectivity index (χ2v) is 6.28. The highest BCUT2D eigenvalue weighted by Crippen LogP contribution is 2.31. The zero-order valence-corrected chi connectivity index (χ0v) is 14.7. The average Bonchev–Trinajstić information content (AvgIpc) is 2.94. The first kappa shape index (κ1) is 17.7. The first-order valence-electron chi connectivity index (χ1n) is 8.40. The maximum absolute atomic E-state index is 12.6. The third-order valence-electron chi connectivity index (χ3n) is 4.22. The molecule has 2 aromatic rings. The van der Waals surface area contributed by atoms with Gasteiger partial charge in [-0.25, -0.2) is 4.79 Å². The van der Waals surface area contributed by atoms with Crippen molar-refractivity contribution in [1.82, 2.24) is 0 Å². The van der Waals surface area contributed by atoms with E-state index in [2.05, 4.69) is 5.32 Å². The fourth-order valence-corrected chi connectivity index (χ4v) is 3.15. The van der Waals surface area contributed by atoms with Crippen LogP contribution in [-0.4, -0.2) is 30.4 Å². The second-order valence-electron chi connectivity index (χ2n) is 6.28. The fourth-order valence-electron chi connectivity index (χ4n) is 3.15. The molecular weight excluding hydrogens is 332 g/mol. The number of rotatable bonds is 4. The van der Waals surface area contributed by atoms with E-state index in [0.29, 0.717) is 5.69 Å². The van der Waals surface area contributed by atoms with Crippen molar-refractivity contribution in [2.75, 3.05) is 16.8 Å². The number of para-hydroxylation sites is 1. The number of carbonyl (C=O) groups is 3. The lowest BCUT2D eigenvalue weighted by atomic mass is 10.1. The summed E-state index contributed by atoms with van der Waals surface area (Å²) in [7, 11) is 0. The summed E-state index contributed by atoms with van der Waals surface area (Å²) in [6, 6.07) is 14.2. The number of nitrogens with one attached hydrogen (secondary N) is 1. The Labute approximate surface area is 151 Å². The smallest absolute Gasteiger partial charge is 0.338 e. The van der Waals surface area contributed by atoms with E-state index in [1.165, 1.54) is 13.0 Å². The van der Waals surface area contributed by atoms with Gasteiger partial charge in [-0.1, -0.05) is 24.3 Å². The van der Waals surface area contributed by atoms with Crippen molar-refractivity contribution in [3.63, 3.8) is 0 Å². The van der Waals surface area contributed by atoms with Gasteiger partial charge in [-0.05, 0) is 43.2 Å². The monoisotopic (exact) mass is 352 g/mol. The number of hydrogen-bond donors (Lipinski definition) is 1. The maximum atomic E-state index is 12.6. The summed E-state index contributed by atoms with van der Waals surface area (Å²) in [5.74, 6) is -1.09. The summed E-state index contributed by atoms with van der Waals surface area (Å²) in [6.07, 6.45) is 0.786. The van der Waals surface area contributed by atoms with E-state index in [9.17, 15) is 14.4 Å². The van der Waals surface area contributed by atoms with Crippen LogP contribution in [0.5, 0.6) is 0 Å². The summed E-state index contributed by atoms with van der Waals surface area (Å²) in [5.41, 5.74) is 2.76. The van der Waals surface area contributed by atoms with Gasteiger partial charge in [0.15, 0.2) is 6.61 Å². The molecule has 0 spiro atoms. The van der Waals surface area contributed by atoms with Gasteiger partial charge in [-0.2, -0.15) is 0 Å². The van der Waals surface area contributed by atoms with Crippen LogP contribution in [0, 0.1) is 0 Å². The van der Waals surface area contributed by atoms with Crippen LogP contribution < -0.4 is 10.2 Å². The van der Waals surface area contributed by atoms with Gasteiger partial charge in [-0.15, -0.1) is 0 Å². The number of fused-ring (bicyclic) bond motifs is 1. The van der Waals surface area contributed by atoms with E-state index >= 15 is 0 Å². The first-order valence-corrected chi connectivity index (χ1v) is 8.40. The fraction of sp³-hybridized carbons (Fsp3) is 0.250. The Morgan fingerprint density at radius 3 is 2.69 bits per heavy atom. The van der Waals surface area contributed by atoms with Gasteiger partial charge in [0.25, 0.3) is 5.91 Å². The van der Waals surface area contributed by atoms with Crippen molar-refractivity contribution in [3.05, 3.63) is 59.7 Å². The number of esters is 1. The van der Waals surface area contributed by atoms with Crippen LogP contribution in [0.25, 0.3) is 0 Å². The van der Waals surface area contributed by atoms with Crippen LogP contribution in [0.15, 0.2) is 48.5 Å². The molecule has 1 aliphatic rings. The van der Waals surface area contributed by atoms with E-state index in [1.807, 2.05) is 31.2 Å². The molecule has 0 radical (unpaired) electrons. The Morgan fingerprint density at radius 2 is 1.92 bits per heavy atom. The van der Waals surface area contributed by atoms with Gasteiger partial charge in [0.05, 0.1) is 5.56 Å². The van der Waals surface area contributed by atoms with E-state index in [-0.39, 0.29) is 30.0 Å². The second kappa shape index (κ2) is 7.39. The Bertz CT molecular complexity index is 862. The van der Waals surface area contributed by atoms with Crippen LogP contribution in [0.4, 0.5) is 11.4 Å². The number of anilines is 2. The van der Waals surface area contributed by atoms with Gasteiger partial charge < -0.3 is 15.0 Å². The molecule has 2 aromatic carbocycles. The quantitative estimate of drug-likeness (QED) is 0.859. The number of ether oxygens (including phenoxy) is 1. The molecule has 0 aliphatic carbocycles. The third kappa shape index (κ3) is 3.74. The molecule has 0 saturated heterocycles. The molecule has 1 atom stereocenters. The molecule has 0 unspecified atom stereocenters. The number of nitrogens with zero attached hydrogens (tertiary/aromatic N) is 1. The van der Waals surface area contributed by atoms with Gasteiger partial charge in [0.1, 0.15) is 0 Å². The van der Waals surface area contributed by atoms with Crippen molar-refractivity contribution >= 4 is 29.2 Å². The Hall–Kier alpha value is -3.15.